The number of aromatic nitrogens is 1. The predicted molar refractivity (Wildman–Crippen MR) is 64.2 cm³/mol. The van der Waals surface area contributed by atoms with Gasteiger partial charge in [-0.2, -0.15) is 0 Å². The summed E-state index contributed by atoms with van der Waals surface area (Å²) < 4.78 is 12.8. The zero-order chi connectivity index (χ0) is 11.5. The van der Waals surface area contributed by atoms with Gasteiger partial charge in [0.05, 0.1) is 11.0 Å². The molecular weight excluding hydrogens is 223 g/mol. The van der Waals surface area contributed by atoms with Crippen molar-refractivity contribution >= 4 is 11.3 Å². The maximum absolute atomic E-state index is 12.8. The molecule has 0 amide bonds. The molecule has 1 unspecified atom stereocenters. The van der Waals surface area contributed by atoms with Crippen LogP contribution in [0.2, 0.25) is 0 Å². The van der Waals surface area contributed by atoms with E-state index in [9.17, 15) is 4.39 Å². The van der Waals surface area contributed by atoms with Crippen LogP contribution in [0.1, 0.15) is 21.5 Å². The Morgan fingerprint density at radius 1 is 1.31 bits per heavy atom. The Morgan fingerprint density at radius 2 is 2.00 bits per heavy atom. The van der Waals surface area contributed by atoms with Gasteiger partial charge in [-0.15, -0.1) is 11.3 Å². The number of aryl methyl sites for hydroxylation is 1. The summed E-state index contributed by atoms with van der Waals surface area (Å²) in [5.41, 5.74) is 1.05. The quantitative estimate of drug-likeness (QED) is 0.886. The van der Waals surface area contributed by atoms with Gasteiger partial charge in [0.25, 0.3) is 0 Å². The van der Waals surface area contributed by atoms with Crippen LogP contribution in [0.25, 0.3) is 0 Å². The molecule has 2 rings (SSSR count). The maximum atomic E-state index is 12.8. The molecule has 0 aliphatic heterocycles. The van der Waals surface area contributed by atoms with Crippen molar-refractivity contribution in [2.75, 3.05) is 7.05 Å². The second-order valence-corrected chi connectivity index (χ2v) is 4.82. The second-order valence-electron chi connectivity index (χ2n) is 3.55. The predicted octanol–water partition coefficient (Wildman–Crippen LogP) is 2.90. The van der Waals surface area contributed by atoms with Crippen molar-refractivity contribution in [2.24, 2.45) is 0 Å². The van der Waals surface area contributed by atoms with Crippen LogP contribution in [0, 0.1) is 12.7 Å². The van der Waals surface area contributed by atoms with Crippen molar-refractivity contribution in [3.05, 3.63) is 51.7 Å². The van der Waals surface area contributed by atoms with E-state index in [0.717, 1.165) is 15.4 Å². The summed E-state index contributed by atoms with van der Waals surface area (Å²) in [6.07, 6.45) is 1.87. The fourth-order valence-electron chi connectivity index (χ4n) is 1.64. The van der Waals surface area contributed by atoms with E-state index in [1.165, 1.54) is 12.1 Å². The molecule has 0 saturated carbocycles. The zero-order valence-electron chi connectivity index (χ0n) is 9.20. The van der Waals surface area contributed by atoms with Gasteiger partial charge in [-0.3, -0.25) is 0 Å². The van der Waals surface area contributed by atoms with Gasteiger partial charge >= 0.3 is 0 Å². The average molecular weight is 236 g/mol. The van der Waals surface area contributed by atoms with Gasteiger partial charge in [0.1, 0.15) is 5.82 Å². The third kappa shape index (κ3) is 2.28. The Morgan fingerprint density at radius 3 is 2.50 bits per heavy atom. The Bertz CT molecular complexity index is 464. The number of hydrogen-bond acceptors (Lipinski definition) is 3. The lowest BCUT2D eigenvalue weighted by molar-refractivity contribution is 0.624. The van der Waals surface area contributed by atoms with Crippen molar-refractivity contribution in [1.82, 2.24) is 10.3 Å². The lowest BCUT2D eigenvalue weighted by Crippen LogP contribution is -2.16. The molecule has 0 fully saturated rings. The third-order valence-electron chi connectivity index (χ3n) is 2.42. The van der Waals surface area contributed by atoms with Crippen LogP contribution < -0.4 is 5.32 Å². The van der Waals surface area contributed by atoms with E-state index in [1.54, 1.807) is 23.5 Å². The van der Waals surface area contributed by atoms with Crippen LogP contribution in [-0.4, -0.2) is 12.0 Å². The fraction of sp³-hybridized carbons (Fsp3) is 0.250. The normalized spacial score (nSPS) is 12.7. The molecule has 0 saturated heterocycles. The zero-order valence-corrected chi connectivity index (χ0v) is 10.0. The first-order chi connectivity index (χ1) is 7.70. The molecule has 2 aromatic rings. The minimum Gasteiger partial charge on any atom is -0.309 e. The van der Waals surface area contributed by atoms with Crippen molar-refractivity contribution in [2.45, 2.75) is 13.0 Å². The molecule has 0 aliphatic carbocycles. The number of thiazole rings is 1. The molecule has 1 N–H and O–H groups in total. The van der Waals surface area contributed by atoms with E-state index in [1.807, 2.05) is 20.2 Å². The molecule has 1 aromatic carbocycles. The van der Waals surface area contributed by atoms with E-state index in [-0.39, 0.29) is 11.9 Å². The minimum atomic E-state index is -0.209. The molecule has 1 aromatic heterocycles. The smallest absolute Gasteiger partial charge is 0.123 e. The number of halogens is 1. The van der Waals surface area contributed by atoms with Crippen molar-refractivity contribution in [3.8, 4) is 0 Å². The van der Waals surface area contributed by atoms with Gasteiger partial charge in [-0.05, 0) is 31.7 Å². The molecule has 84 valence electrons. The summed E-state index contributed by atoms with van der Waals surface area (Å²) in [7, 11) is 1.89. The van der Waals surface area contributed by atoms with Crippen LogP contribution in [0.15, 0.2) is 30.5 Å². The lowest BCUT2D eigenvalue weighted by atomic mass is 10.1. The molecule has 0 spiro atoms. The topological polar surface area (TPSA) is 24.9 Å². The number of nitrogens with one attached hydrogen (secondary N) is 1. The summed E-state index contributed by atoms with van der Waals surface area (Å²) in [5.74, 6) is -0.209. The first-order valence-electron chi connectivity index (χ1n) is 5.06. The Balaban J connectivity index is 2.32. The van der Waals surface area contributed by atoms with Gasteiger partial charge in [0.2, 0.25) is 0 Å². The van der Waals surface area contributed by atoms with Crippen molar-refractivity contribution in [1.29, 1.82) is 0 Å². The largest absolute Gasteiger partial charge is 0.309 e. The summed E-state index contributed by atoms with van der Waals surface area (Å²) in [6.45, 7) is 1.98. The van der Waals surface area contributed by atoms with Crippen molar-refractivity contribution in [3.63, 3.8) is 0 Å². The molecule has 0 radical (unpaired) electrons. The van der Waals surface area contributed by atoms with E-state index in [4.69, 9.17) is 0 Å². The summed E-state index contributed by atoms with van der Waals surface area (Å²) >= 11 is 1.65. The summed E-state index contributed by atoms with van der Waals surface area (Å²) in [5, 5.41) is 4.25. The van der Waals surface area contributed by atoms with E-state index in [2.05, 4.69) is 10.3 Å². The van der Waals surface area contributed by atoms with E-state index >= 15 is 0 Å². The van der Waals surface area contributed by atoms with Crippen LogP contribution in [0.5, 0.6) is 0 Å². The number of benzene rings is 1. The van der Waals surface area contributed by atoms with Gasteiger partial charge < -0.3 is 5.32 Å². The minimum absolute atomic E-state index is 0.0896. The molecule has 16 heavy (non-hydrogen) atoms. The molecule has 2 nitrogen and oxygen atoms in total. The van der Waals surface area contributed by atoms with Crippen LogP contribution in [0.4, 0.5) is 4.39 Å². The van der Waals surface area contributed by atoms with Gasteiger partial charge in [0, 0.05) is 11.1 Å². The Kier molecular flexibility index (Phi) is 3.31. The van der Waals surface area contributed by atoms with Crippen molar-refractivity contribution < 1.29 is 4.39 Å². The fourth-order valence-corrected chi connectivity index (χ4v) is 2.56. The monoisotopic (exact) mass is 236 g/mol. The summed E-state index contributed by atoms with van der Waals surface area (Å²) in [4.78, 5) is 5.38. The number of hydrogen-bond donors (Lipinski definition) is 1. The molecular formula is C12H13FN2S. The average Bonchev–Trinajstić information content (AvgIpc) is 2.69. The highest BCUT2D eigenvalue weighted by atomic mass is 32.1. The Labute approximate surface area is 98.2 Å². The molecule has 0 bridgehead atoms. The SMILES string of the molecule is CNC(c1ccc(F)cc1)c1cnc(C)s1. The van der Waals surface area contributed by atoms with Gasteiger partial charge in [-0.1, -0.05) is 12.1 Å². The summed E-state index contributed by atoms with van der Waals surface area (Å²) in [6, 6.07) is 6.64. The molecule has 1 heterocycles. The standard InChI is InChI=1S/C12H13FN2S/c1-8-15-7-11(16-8)12(14-2)9-3-5-10(13)6-4-9/h3-7,12,14H,1-2H3. The van der Waals surface area contributed by atoms with Crippen LogP contribution >= 0.6 is 11.3 Å². The molecule has 0 aliphatic rings. The Hall–Kier alpha value is -1.26. The lowest BCUT2D eigenvalue weighted by Gasteiger charge is -2.14. The first kappa shape index (κ1) is 11.2. The van der Waals surface area contributed by atoms with Gasteiger partial charge in [-0.25, -0.2) is 9.37 Å². The first-order valence-corrected chi connectivity index (χ1v) is 5.87. The highest BCUT2D eigenvalue weighted by Gasteiger charge is 2.14. The highest BCUT2D eigenvalue weighted by molar-refractivity contribution is 7.11. The van der Waals surface area contributed by atoms with E-state index in [0.29, 0.717) is 0 Å². The maximum Gasteiger partial charge on any atom is 0.123 e. The molecule has 1 atom stereocenters. The third-order valence-corrected chi connectivity index (χ3v) is 3.39. The van der Waals surface area contributed by atoms with Crippen LogP contribution in [0.3, 0.4) is 0 Å². The number of nitrogens with zero attached hydrogens (tertiary/aromatic N) is 1. The number of rotatable bonds is 3. The van der Waals surface area contributed by atoms with Gasteiger partial charge in [0.15, 0.2) is 0 Å². The van der Waals surface area contributed by atoms with Crippen LogP contribution in [-0.2, 0) is 0 Å². The van der Waals surface area contributed by atoms with E-state index < -0.39 is 0 Å². The highest BCUT2D eigenvalue weighted by Crippen LogP contribution is 2.26. The molecule has 4 heteroatoms. The second kappa shape index (κ2) is 4.72.